The molecule has 0 atom stereocenters. The van der Waals surface area contributed by atoms with Crippen molar-refractivity contribution in [3.63, 3.8) is 0 Å². The van der Waals surface area contributed by atoms with Gasteiger partial charge in [-0.15, -0.1) is 0 Å². The van der Waals surface area contributed by atoms with Gasteiger partial charge in [0.05, 0.1) is 17.0 Å². The van der Waals surface area contributed by atoms with Crippen LogP contribution in [-0.4, -0.2) is 21.3 Å². The van der Waals surface area contributed by atoms with Crippen LogP contribution in [0.15, 0.2) is 48.5 Å². The van der Waals surface area contributed by atoms with Crippen LogP contribution in [0.4, 0.5) is 8.78 Å². The summed E-state index contributed by atoms with van der Waals surface area (Å²) in [5.74, 6) is -2.06. The number of carboxylic acid groups (broad SMARTS) is 1. The van der Waals surface area contributed by atoms with Gasteiger partial charge in [-0.2, -0.15) is 5.10 Å². The van der Waals surface area contributed by atoms with Gasteiger partial charge in [-0.25, -0.2) is 13.6 Å². The summed E-state index contributed by atoms with van der Waals surface area (Å²) in [6.07, 6.45) is 0. The Bertz CT molecular complexity index is 842. The number of benzene rings is 2. The monoisotopic (exact) mass is 300 g/mol. The first-order chi connectivity index (χ1) is 10.5. The molecular weight excluding hydrogens is 290 g/mol. The number of nitrogens with one attached hydrogen (secondary N) is 1. The predicted molar refractivity (Wildman–Crippen MR) is 76.3 cm³/mol. The molecule has 0 saturated heterocycles. The molecule has 2 N–H and O–H groups in total. The van der Waals surface area contributed by atoms with Gasteiger partial charge in [-0.1, -0.05) is 0 Å². The van der Waals surface area contributed by atoms with E-state index in [0.29, 0.717) is 17.0 Å². The van der Waals surface area contributed by atoms with Crippen molar-refractivity contribution in [2.24, 2.45) is 0 Å². The van der Waals surface area contributed by atoms with Crippen LogP contribution in [0.2, 0.25) is 0 Å². The normalized spacial score (nSPS) is 10.6. The first kappa shape index (κ1) is 13.9. The molecule has 1 heterocycles. The average molecular weight is 300 g/mol. The van der Waals surface area contributed by atoms with E-state index in [4.69, 9.17) is 5.11 Å². The van der Waals surface area contributed by atoms with Crippen molar-refractivity contribution in [3.05, 3.63) is 65.7 Å². The van der Waals surface area contributed by atoms with Crippen molar-refractivity contribution in [2.75, 3.05) is 0 Å². The zero-order chi connectivity index (χ0) is 15.7. The Labute approximate surface area is 124 Å². The van der Waals surface area contributed by atoms with Crippen LogP contribution in [0.25, 0.3) is 22.5 Å². The molecule has 3 rings (SSSR count). The Balaban J connectivity index is 2.02. The third-order valence-electron chi connectivity index (χ3n) is 3.22. The summed E-state index contributed by atoms with van der Waals surface area (Å²) in [7, 11) is 0. The van der Waals surface area contributed by atoms with Gasteiger partial charge in [-0.05, 0) is 48.5 Å². The van der Waals surface area contributed by atoms with E-state index in [1.54, 1.807) is 18.2 Å². The molecule has 6 heteroatoms. The number of carbonyl (C=O) groups is 1. The topological polar surface area (TPSA) is 66.0 Å². The van der Waals surface area contributed by atoms with Crippen LogP contribution < -0.4 is 0 Å². The molecule has 1 aromatic heterocycles. The Hall–Kier alpha value is -3.02. The highest BCUT2D eigenvalue weighted by atomic mass is 19.1. The van der Waals surface area contributed by atoms with Gasteiger partial charge >= 0.3 is 5.97 Å². The highest BCUT2D eigenvalue weighted by Crippen LogP contribution is 2.26. The molecular formula is C16H10F2N2O2. The lowest BCUT2D eigenvalue weighted by Crippen LogP contribution is -1.97. The smallest absolute Gasteiger partial charge is 0.335 e. The lowest BCUT2D eigenvalue weighted by molar-refractivity contribution is 0.0697. The second kappa shape index (κ2) is 5.40. The number of rotatable bonds is 3. The molecule has 0 radical (unpaired) electrons. The molecule has 22 heavy (non-hydrogen) atoms. The molecule has 4 nitrogen and oxygen atoms in total. The fourth-order valence-corrected chi connectivity index (χ4v) is 2.09. The number of aromatic amines is 1. The summed E-state index contributed by atoms with van der Waals surface area (Å²) < 4.78 is 26.8. The number of halogens is 2. The molecule has 0 aliphatic heterocycles. The highest BCUT2D eigenvalue weighted by Gasteiger charge is 2.13. The van der Waals surface area contributed by atoms with Crippen molar-refractivity contribution in [2.45, 2.75) is 0 Å². The second-order valence-corrected chi connectivity index (χ2v) is 4.67. The average Bonchev–Trinajstić information content (AvgIpc) is 2.98. The van der Waals surface area contributed by atoms with Crippen molar-refractivity contribution < 1.29 is 18.7 Å². The van der Waals surface area contributed by atoms with Crippen molar-refractivity contribution in [1.29, 1.82) is 0 Å². The van der Waals surface area contributed by atoms with Gasteiger partial charge in [0.1, 0.15) is 11.6 Å². The Morgan fingerprint density at radius 2 is 1.77 bits per heavy atom. The SMILES string of the molecule is O=C(O)c1ccc(F)c(-c2cc(-c3ccc(F)cc3)n[nH]2)c1. The van der Waals surface area contributed by atoms with Crippen molar-refractivity contribution in [1.82, 2.24) is 10.2 Å². The van der Waals surface area contributed by atoms with E-state index in [9.17, 15) is 13.6 Å². The quantitative estimate of drug-likeness (QED) is 0.774. The van der Waals surface area contributed by atoms with Crippen LogP contribution in [0, 0.1) is 11.6 Å². The van der Waals surface area contributed by atoms with E-state index in [1.165, 1.54) is 24.3 Å². The fourth-order valence-electron chi connectivity index (χ4n) is 2.09. The lowest BCUT2D eigenvalue weighted by Gasteiger charge is -2.01. The summed E-state index contributed by atoms with van der Waals surface area (Å²) in [5, 5.41) is 15.7. The van der Waals surface area contributed by atoms with Gasteiger partial charge in [0.15, 0.2) is 0 Å². The number of hydrogen-bond acceptors (Lipinski definition) is 2. The summed E-state index contributed by atoms with van der Waals surface area (Å²) >= 11 is 0. The first-order valence-electron chi connectivity index (χ1n) is 6.39. The van der Waals surface area contributed by atoms with Crippen LogP contribution in [0.5, 0.6) is 0 Å². The minimum atomic E-state index is -1.14. The Kier molecular flexibility index (Phi) is 3.42. The van der Waals surface area contributed by atoms with E-state index in [1.807, 2.05) is 0 Å². The van der Waals surface area contributed by atoms with Gasteiger partial charge in [0.25, 0.3) is 0 Å². The molecule has 0 spiro atoms. The third kappa shape index (κ3) is 2.58. The number of carboxylic acids is 1. The number of aromatic nitrogens is 2. The van der Waals surface area contributed by atoms with Gasteiger partial charge in [-0.3, -0.25) is 5.10 Å². The Morgan fingerprint density at radius 1 is 1.05 bits per heavy atom. The zero-order valence-corrected chi connectivity index (χ0v) is 11.2. The summed E-state index contributed by atoms with van der Waals surface area (Å²) in [6.45, 7) is 0. The van der Waals surface area contributed by atoms with Crippen LogP contribution >= 0.6 is 0 Å². The molecule has 0 aliphatic carbocycles. The molecule has 0 bridgehead atoms. The molecule has 0 aliphatic rings. The number of hydrogen-bond donors (Lipinski definition) is 2. The summed E-state index contributed by atoms with van der Waals surface area (Å²) in [4.78, 5) is 11.0. The molecule has 110 valence electrons. The molecule has 0 fully saturated rings. The predicted octanol–water partition coefficient (Wildman–Crippen LogP) is 3.72. The number of H-pyrrole nitrogens is 1. The summed E-state index contributed by atoms with van der Waals surface area (Å²) in [5.41, 5.74) is 1.61. The number of aromatic carboxylic acids is 1. The van der Waals surface area contributed by atoms with E-state index in [2.05, 4.69) is 10.2 Å². The van der Waals surface area contributed by atoms with E-state index >= 15 is 0 Å². The maximum Gasteiger partial charge on any atom is 0.335 e. The van der Waals surface area contributed by atoms with Crippen LogP contribution in [-0.2, 0) is 0 Å². The summed E-state index contributed by atoms with van der Waals surface area (Å²) in [6, 6.07) is 10.8. The highest BCUT2D eigenvalue weighted by molar-refractivity contribution is 5.89. The molecule has 3 aromatic rings. The maximum absolute atomic E-state index is 13.9. The fraction of sp³-hybridized carbons (Fsp3) is 0. The van der Waals surface area contributed by atoms with Crippen LogP contribution in [0.3, 0.4) is 0 Å². The minimum absolute atomic E-state index is 0.0191. The third-order valence-corrected chi connectivity index (χ3v) is 3.22. The Morgan fingerprint density at radius 3 is 2.45 bits per heavy atom. The van der Waals surface area contributed by atoms with Crippen LogP contribution in [0.1, 0.15) is 10.4 Å². The standard InChI is InChI=1S/C16H10F2N2O2/c17-11-4-1-9(2-5-11)14-8-15(20-19-14)12-7-10(16(21)22)3-6-13(12)18/h1-8H,(H,19,20)(H,21,22). The molecule has 0 amide bonds. The van der Waals surface area contributed by atoms with Gasteiger partial charge in [0, 0.05) is 11.1 Å². The minimum Gasteiger partial charge on any atom is -0.478 e. The van der Waals surface area contributed by atoms with Gasteiger partial charge in [0.2, 0.25) is 0 Å². The van der Waals surface area contributed by atoms with Crippen molar-refractivity contribution >= 4 is 5.97 Å². The van der Waals surface area contributed by atoms with Gasteiger partial charge < -0.3 is 5.11 Å². The second-order valence-electron chi connectivity index (χ2n) is 4.67. The number of nitrogens with zero attached hydrogens (tertiary/aromatic N) is 1. The van der Waals surface area contributed by atoms with E-state index < -0.39 is 11.8 Å². The first-order valence-corrected chi connectivity index (χ1v) is 6.39. The van der Waals surface area contributed by atoms with E-state index in [-0.39, 0.29) is 16.9 Å². The zero-order valence-electron chi connectivity index (χ0n) is 11.2. The van der Waals surface area contributed by atoms with E-state index in [0.717, 1.165) is 6.07 Å². The molecule has 0 saturated carbocycles. The largest absolute Gasteiger partial charge is 0.478 e. The maximum atomic E-state index is 13.9. The molecule has 0 unspecified atom stereocenters. The lowest BCUT2D eigenvalue weighted by atomic mass is 10.1. The van der Waals surface area contributed by atoms with Crippen molar-refractivity contribution in [3.8, 4) is 22.5 Å². The molecule has 2 aromatic carbocycles.